The Morgan fingerprint density at radius 3 is 2.64 bits per heavy atom. The van der Waals surface area contributed by atoms with Crippen LogP contribution in [0.1, 0.15) is 23.1 Å². The molecular weight excluding hydrogens is 189 g/mol. The molecule has 2 rings (SSSR count). The van der Waals surface area contributed by atoms with E-state index >= 15 is 0 Å². The number of halogens is 3. The second-order valence-corrected chi connectivity index (χ2v) is 3.35. The Bertz CT molecular complexity index is 339. The van der Waals surface area contributed by atoms with Crippen LogP contribution in [0.3, 0.4) is 0 Å². The first-order valence-electron chi connectivity index (χ1n) is 4.44. The Labute approximate surface area is 80.7 Å². The van der Waals surface area contributed by atoms with Crippen LogP contribution in [0.15, 0.2) is 18.2 Å². The predicted molar refractivity (Wildman–Crippen MR) is 47.5 cm³/mol. The van der Waals surface area contributed by atoms with Gasteiger partial charge in [0.15, 0.2) is 0 Å². The van der Waals surface area contributed by atoms with Crippen LogP contribution in [0.5, 0.6) is 0 Å². The summed E-state index contributed by atoms with van der Waals surface area (Å²) in [7, 11) is 0. The quantitative estimate of drug-likeness (QED) is 0.599. The zero-order chi connectivity index (χ0) is 10.2. The van der Waals surface area contributed by atoms with Gasteiger partial charge in [0.25, 0.3) is 0 Å². The van der Waals surface area contributed by atoms with Crippen LogP contribution in [0.4, 0.5) is 13.2 Å². The molecule has 0 saturated heterocycles. The minimum atomic E-state index is -4.23. The van der Waals surface area contributed by atoms with Crippen LogP contribution in [0.25, 0.3) is 0 Å². The molecule has 0 aromatic heterocycles. The third-order valence-electron chi connectivity index (χ3n) is 2.35. The Balaban J connectivity index is 2.39. The molecule has 0 amide bonds. The third-order valence-corrected chi connectivity index (χ3v) is 2.35. The third kappa shape index (κ3) is 1.76. The number of hydrogen-bond donors (Lipinski definition) is 0. The van der Waals surface area contributed by atoms with Gasteiger partial charge in [-0.2, -0.15) is 13.2 Å². The molecular formula is C11H9F3. The van der Waals surface area contributed by atoms with Crippen molar-refractivity contribution in [2.24, 2.45) is 0 Å². The van der Waals surface area contributed by atoms with E-state index in [0.717, 1.165) is 23.6 Å². The van der Waals surface area contributed by atoms with Gasteiger partial charge in [-0.3, -0.25) is 0 Å². The second-order valence-electron chi connectivity index (χ2n) is 3.35. The molecule has 0 heterocycles. The number of hydrogen-bond acceptors (Lipinski definition) is 0. The van der Waals surface area contributed by atoms with Crippen LogP contribution in [0.2, 0.25) is 0 Å². The minimum Gasteiger partial charge on any atom is -0.166 e. The summed E-state index contributed by atoms with van der Waals surface area (Å²) < 4.78 is 37.0. The summed E-state index contributed by atoms with van der Waals surface area (Å²) >= 11 is 0. The highest BCUT2D eigenvalue weighted by Crippen LogP contribution is 2.32. The van der Waals surface area contributed by atoms with Crippen molar-refractivity contribution >= 4 is 0 Å². The van der Waals surface area contributed by atoms with Crippen molar-refractivity contribution in [3.05, 3.63) is 47.7 Å². The minimum absolute atomic E-state index is 0.549. The van der Waals surface area contributed by atoms with E-state index in [1.54, 1.807) is 0 Å². The lowest BCUT2D eigenvalue weighted by molar-refractivity contribution is -0.137. The Kier molecular flexibility index (Phi) is 2.25. The SMILES string of the molecule is FC(F)(F)c1ccc2c(c1)CC[CH][CH]2. The van der Waals surface area contributed by atoms with Gasteiger partial charge in [-0.15, -0.1) is 0 Å². The Morgan fingerprint density at radius 1 is 1.14 bits per heavy atom. The molecule has 2 radical (unpaired) electrons. The molecule has 0 saturated carbocycles. The first-order valence-corrected chi connectivity index (χ1v) is 4.44. The maximum Gasteiger partial charge on any atom is 0.416 e. The van der Waals surface area contributed by atoms with E-state index in [1.165, 1.54) is 12.1 Å². The van der Waals surface area contributed by atoms with E-state index in [4.69, 9.17) is 0 Å². The monoisotopic (exact) mass is 198 g/mol. The summed E-state index contributed by atoms with van der Waals surface area (Å²) in [5.41, 5.74) is 1.15. The molecule has 0 unspecified atom stereocenters. The van der Waals surface area contributed by atoms with E-state index in [-0.39, 0.29) is 0 Å². The molecule has 0 nitrogen and oxygen atoms in total. The predicted octanol–water partition coefficient (Wildman–Crippen LogP) is 3.41. The highest BCUT2D eigenvalue weighted by molar-refractivity contribution is 5.41. The van der Waals surface area contributed by atoms with Gasteiger partial charge in [-0.25, -0.2) is 0 Å². The summed E-state index contributed by atoms with van der Waals surface area (Å²) in [5.74, 6) is 0. The molecule has 1 aromatic rings. The fourth-order valence-electron chi connectivity index (χ4n) is 1.61. The number of fused-ring (bicyclic) bond motifs is 1. The molecule has 1 aromatic carbocycles. The fourth-order valence-corrected chi connectivity index (χ4v) is 1.61. The summed E-state index contributed by atoms with van der Waals surface area (Å²) in [6, 6.07) is 3.92. The van der Waals surface area contributed by atoms with Crippen LogP contribution in [-0.2, 0) is 12.6 Å². The largest absolute Gasteiger partial charge is 0.416 e. The smallest absolute Gasteiger partial charge is 0.166 e. The number of benzene rings is 1. The van der Waals surface area contributed by atoms with Gasteiger partial charge in [0.1, 0.15) is 0 Å². The molecule has 74 valence electrons. The summed E-state index contributed by atoms with van der Waals surface area (Å²) in [5, 5.41) is 0. The second kappa shape index (κ2) is 3.30. The lowest BCUT2D eigenvalue weighted by Crippen LogP contribution is -2.08. The first-order chi connectivity index (χ1) is 6.57. The van der Waals surface area contributed by atoms with E-state index in [2.05, 4.69) is 0 Å². The fraction of sp³-hybridized carbons (Fsp3) is 0.273. The number of aryl methyl sites for hydroxylation is 1. The number of rotatable bonds is 0. The van der Waals surface area contributed by atoms with Crippen LogP contribution in [-0.4, -0.2) is 0 Å². The summed E-state index contributed by atoms with van der Waals surface area (Å²) in [4.78, 5) is 0. The Hall–Kier alpha value is -0.990. The van der Waals surface area contributed by atoms with Crippen molar-refractivity contribution in [2.75, 3.05) is 0 Å². The molecule has 0 bridgehead atoms. The van der Waals surface area contributed by atoms with Gasteiger partial charge >= 0.3 is 6.18 Å². The van der Waals surface area contributed by atoms with Gasteiger partial charge in [0.05, 0.1) is 5.56 Å². The molecule has 1 aliphatic rings. The maximum absolute atomic E-state index is 12.3. The standard InChI is InChI=1S/C11H9F3/c12-11(13,14)10-6-5-8-3-1-2-4-9(8)7-10/h1,3,5-7H,2,4H2. The normalized spacial score (nSPS) is 16.5. The van der Waals surface area contributed by atoms with Gasteiger partial charge in [0, 0.05) is 0 Å². The van der Waals surface area contributed by atoms with E-state index in [1.807, 2.05) is 12.8 Å². The zero-order valence-corrected chi connectivity index (χ0v) is 7.43. The number of alkyl halides is 3. The first kappa shape index (κ1) is 9.56. The van der Waals surface area contributed by atoms with Crippen LogP contribution < -0.4 is 0 Å². The van der Waals surface area contributed by atoms with Crippen molar-refractivity contribution in [2.45, 2.75) is 19.0 Å². The van der Waals surface area contributed by atoms with Gasteiger partial charge in [-0.05, 0) is 48.9 Å². The summed E-state index contributed by atoms with van der Waals surface area (Å²) in [6.45, 7) is 0. The van der Waals surface area contributed by atoms with E-state index in [0.29, 0.717) is 6.42 Å². The van der Waals surface area contributed by atoms with Crippen molar-refractivity contribution in [1.82, 2.24) is 0 Å². The van der Waals surface area contributed by atoms with Crippen molar-refractivity contribution in [1.29, 1.82) is 0 Å². The van der Waals surface area contributed by atoms with E-state index in [9.17, 15) is 13.2 Å². The maximum atomic E-state index is 12.3. The van der Waals surface area contributed by atoms with Crippen molar-refractivity contribution in [3.63, 3.8) is 0 Å². The molecule has 1 aliphatic carbocycles. The molecule has 3 heteroatoms. The van der Waals surface area contributed by atoms with Gasteiger partial charge in [-0.1, -0.05) is 6.07 Å². The summed E-state index contributed by atoms with van der Waals surface area (Å²) in [6.07, 6.45) is 1.16. The van der Waals surface area contributed by atoms with Crippen molar-refractivity contribution in [3.8, 4) is 0 Å². The molecule has 14 heavy (non-hydrogen) atoms. The molecule has 0 N–H and O–H groups in total. The molecule has 0 aliphatic heterocycles. The molecule has 0 fully saturated rings. The van der Waals surface area contributed by atoms with Crippen LogP contribution in [0, 0.1) is 12.8 Å². The molecule has 0 spiro atoms. The highest BCUT2D eigenvalue weighted by Gasteiger charge is 2.31. The highest BCUT2D eigenvalue weighted by atomic mass is 19.4. The van der Waals surface area contributed by atoms with Gasteiger partial charge < -0.3 is 0 Å². The lowest BCUT2D eigenvalue weighted by atomic mass is 9.90. The Morgan fingerprint density at radius 2 is 1.93 bits per heavy atom. The average molecular weight is 198 g/mol. The average Bonchev–Trinajstić information content (AvgIpc) is 2.16. The topological polar surface area (TPSA) is 0 Å². The lowest BCUT2D eigenvalue weighted by Gasteiger charge is -2.16. The zero-order valence-electron chi connectivity index (χ0n) is 7.43. The van der Waals surface area contributed by atoms with Crippen molar-refractivity contribution < 1.29 is 13.2 Å². The van der Waals surface area contributed by atoms with Crippen LogP contribution >= 0.6 is 0 Å². The van der Waals surface area contributed by atoms with E-state index < -0.39 is 11.7 Å². The molecule has 0 atom stereocenters. The van der Waals surface area contributed by atoms with Gasteiger partial charge in [0.2, 0.25) is 0 Å².